The predicted molar refractivity (Wildman–Crippen MR) is 117 cm³/mol. The summed E-state index contributed by atoms with van der Waals surface area (Å²) in [7, 11) is -0.446. The van der Waals surface area contributed by atoms with Gasteiger partial charge in [0.15, 0.2) is 0 Å². The minimum Gasteiger partial charge on any atom is -0.550 e. The number of carbonyl (C=O) groups is 3. The molecule has 0 heterocycles. The minimum absolute atomic E-state index is 0. The van der Waals surface area contributed by atoms with Crippen LogP contribution in [0.2, 0.25) is 0 Å². The van der Waals surface area contributed by atoms with Crippen molar-refractivity contribution >= 4 is 41.7 Å². The van der Waals surface area contributed by atoms with Gasteiger partial charge in [-0.05, 0) is 44.6 Å². The van der Waals surface area contributed by atoms with Gasteiger partial charge in [0, 0.05) is 17.9 Å². The zero-order valence-electron chi connectivity index (χ0n) is 17.9. The van der Waals surface area contributed by atoms with Crippen molar-refractivity contribution in [1.82, 2.24) is 0 Å². The second-order valence-electron chi connectivity index (χ2n) is 5.82. The third kappa shape index (κ3) is 17.0. The van der Waals surface area contributed by atoms with E-state index in [9.17, 15) is 0 Å². The zero-order valence-corrected chi connectivity index (χ0v) is 20.9. The van der Waals surface area contributed by atoms with Gasteiger partial charge >= 0.3 is 22.4 Å². The predicted octanol–water partition coefficient (Wildman–Crippen LogP) is -0.289. The molecule has 0 aliphatic heterocycles. The molecule has 0 aliphatic rings. The van der Waals surface area contributed by atoms with Crippen LogP contribution in [0.25, 0.3) is 0 Å². The van der Waals surface area contributed by atoms with E-state index in [1.807, 2.05) is 0 Å². The Morgan fingerprint density at radius 1 is 0.500 bits per heavy atom. The molecule has 0 bridgehead atoms. The molecule has 6 nitrogen and oxygen atoms in total. The average molecular weight is 636 g/mol. The maximum absolute atomic E-state index is 8.89. The van der Waals surface area contributed by atoms with Crippen LogP contribution in [0.15, 0.2) is 91.0 Å². The fourth-order valence-electron chi connectivity index (χ4n) is 2.18. The fourth-order valence-corrected chi connectivity index (χ4v) is 4.48. The van der Waals surface area contributed by atoms with Crippen molar-refractivity contribution in [2.45, 2.75) is 20.8 Å². The number of rotatable bonds is 3. The molecule has 0 atom stereocenters. The van der Waals surface area contributed by atoms with E-state index in [-0.39, 0.29) is 22.4 Å². The summed E-state index contributed by atoms with van der Waals surface area (Å²) in [6, 6.07) is 32.3. The van der Waals surface area contributed by atoms with Crippen molar-refractivity contribution in [1.29, 1.82) is 0 Å². The van der Waals surface area contributed by atoms with Crippen LogP contribution in [-0.4, -0.2) is 17.9 Å². The molecule has 172 valence electrons. The summed E-state index contributed by atoms with van der Waals surface area (Å²) < 4.78 is 0. The number of carbonyl (C=O) groups excluding carboxylic acids is 3. The Balaban J connectivity index is 0. The maximum atomic E-state index is 8.89. The van der Waals surface area contributed by atoms with Crippen molar-refractivity contribution in [2.75, 3.05) is 0 Å². The van der Waals surface area contributed by atoms with Gasteiger partial charge < -0.3 is 29.7 Å². The van der Waals surface area contributed by atoms with Gasteiger partial charge in [0.25, 0.3) is 0 Å². The molecule has 0 fully saturated rings. The van der Waals surface area contributed by atoms with Crippen molar-refractivity contribution < 1.29 is 52.1 Å². The van der Waals surface area contributed by atoms with Gasteiger partial charge in [-0.15, -0.1) is 0 Å². The van der Waals surface area contributed by atoms with Gasteiger partial charge in [-0.25, -0.2) is 0 Å². The zero-order chi connectivity index (χ0) is 23.6. The van der Waals surface area contributed by atoms with Gasteiger partial charge in [0.05, 0.1) is 0 Å². The average Bonchev–Trinajstić information content (AvgIpc) is 2.69. The van der Waals surface area contributed by atoms with Crippen LogP contribution in [0, 0.1) is 0 Å². The number of aliphatic carboxylic acids is 3. The Kier molecular flexibility index (Phi) is 18.6. The molecule has 8 heteroatoms. The topological polar surface area (TPSA) is 120 Å². The Bertz CT molecular complexity index is 771. The van der Waals surface area contributed by atoms with Crippen LogP contribution < -0.4 is 31.2 Å². The second kappa shape index (κ2) is 19.0. The molecule has 0 unspecified atom stereocenters. The number of carboxylic acids is 3. The smallest absolute Gasteiger partial charge is 0.550 e. The molecular weight excluding hydrogens is 612 g/mol. The Labute approximate surface area is 205 Å². The molecule has 0 saturated carbocycles. The summed E-state index contributed by atoms with van der Waals surface area (Å²) in [5.74, 6) is -3.25. The monoisotopic (exact) mass is 636 g/mol. The van der Waals surface area contributed by atoms with Crippen molar-refractivity contribution in [3.8, 4) is 0 Å². The number of hydrogen-bond donors (Lipinski definition) is 0. The molecule has 0 radical (unpaired) electrons. The molecule has 0 spiro atoms. The van der Waals surface area contributed by atoms with Crippen LogP contribution in [0.3, 0.4) is 0 Å². The molecule has 0 saturated heterocycles. The van der Waals surface area contributed by atoms with E-state index in [1.165, 1.54) is 15.9 Å². The van der Waals surface area contributed by atoms with Crippen LogP contribution >= 0.6 is 7.92 Å². The van der Waals surface area contributed by atoms with E-state index >= 15 is 0 Å². The maximum Gasteiger partial charge on any atom is 3.00 e. The summed E-state index contributed by atoms with van der Waals surface area (Å²) >= 11 is 0. The first-order valence-corrected chi connectivity index (χ1v) is 10.5. The van der Waals surface area contributed by atoms with E-state index in [0.717, 1.165) is 20.8 Å². The molecule has 3 rings (SSSR count). The molecule has 0 amide bonds. The van der Waals surface area contributed by atoms with Gasteiger partial charge in [-0.3, -0.25) is 0 Å². The van der Waals surface area contributed by atoms with Crippen molar-refractivity contribution in [3.63, 3.8) is 0 Å². The molecule has 3 aromatic rings. The van der Waals surface area contributed by atoms with Crippen LogP contribution in [-0.2, 0) is 36.8 Å². The Hall–Kier alpha value is -2.76. The first-order chi connectivity index (χ1) is 14.6. The summed E-state index contributed by atoms with van der Waals surface area (Å²) in [5, 5.41) is 30.9. The number of carboxylic acid groups (broad SMARTS) is 3. The Morgan fingerprint density at radius 3 is 0.812 bits per heavy atom. The van der Waals surface area contributed by atoms with Gasteiger partial charge in [0.2, 0.25) is 0 Å². The van der Waals surface area contributed by atoms with Crippen molar-refractivity contribution in [3.05, 3.63) is 91.0 Å². The van der Waals surface area contributed by atoms with E-state index in [2.05, 4.69) is 91.0 Å². The molecule has 0 aromatic heterocycles. The minimum atomic E-state index is -1.08. The number of benzene rings is 3. The largest absolute Gasteiger partial charge is 3.00 e. The molecule has 0 N–H and O–H groups in total. The molecule has 0 aliphatic carbocycles. The standard InChI is InChI=1S/C18H15P.3C2H4O2.Au/c1-4-10-16(11-5-1)19(17-12-6-2-7-13-17)18-14-8-3-9-15-18;3*1-2(3)4;/h1-15H;3*1H3,(H,3,4);/q;;;;+3/p-3. The van der Waals surface area contributed by atoms with Crippen LogP contribution in [0.5, 0.6) is 0 Å². The third-order valence-corrected chi connectivity index (χ3v) is 5.49. The normalized spacial score (nSPS) is 8.62. The van der Waals surface area contributed by atoms with Crippen molar-refractivity contribution in [2.24, 2.45) is 0 Å². The molecular formula is C24H24AuO6P. The molecule has 32 heavy (non-hydrogen) atoms. The van der Waals surface area contributed by atoms with Gasteiger partial charge in [0.1, 0.15) is 0 Å². The van der Waals surface area contributed by atoms with Crippen LogP contribution in [0.4, 0.5) is 0 Å². The number of hydrogen-bond acceptors (Lipinski definition) is 6. The second-order valence-corrected chi connectivity index (χ2v) is 8.04. The van der Waals surface area contributed by atoms with E-state index in [0.29, 0.717) is 0 Å². The summed E-state index contributed by atoms with van der Waals surface area (Å²) in [6.45, 7) is 2.92. The van der Waals surface area contributed by atoms with E-state index in [4.69, 9.17) is 29.7 Å². The SMILES string of the molecule is CC(=O)[O-].CC(=O)[O-].CC(=O)[O-].[Au+3].c1ccc(P(c2ccccc2)c2ccccc2)cc1. The first kappa shape index (κ1) is 31.4. The summed E-state index contributed by atoms with van der Waals surface area (Å²) in [5.41, 5.74) is 0. The Morgan fingerprint density at radius 2 is 0.656 bits per heavy atom. The summed E-state index contributed by atoms with van der Waals surface area (Å²) in [6.07, 6.45) is 0. The first-order valence-electron chi connectivity index (χ1n) is 9.13. The van der Waals surface area contributed by atoms with Gasteiger partial charge in [-0.1, -0.05) is 91.0 Å². The fraction of sp³-hybridized carbons (Fsp3) is 0.125. The summed E-state index contributed by atoms with van der Waals surface area (Å²) in [4.78, 5) is 26.7. The quantitative estimate of drug-likeness (QED) is 0.288. The van der Waals surface area contributed by atoms with E-state index < -0.39 is 25.8 Å². The molecule has 3 aromatic carbocycles. The third-order valence-electron chi connectivity index (χ3n) is 3.04. The van der Waals surface area contributed by atoms with E-state index in [1.54, 1.807) is 0 Å². The van der Waals surface area contributed by atoms with Crippen LogP contribution in [0.1, 0.15) is 20.8 Å². The van der Waals surface area contributed by atoms with Gasteiger partial charge in [-0.2, -0.15) is 0 Å².